The highest BCUT2D eigenvalue weighted by Crippen LogP contribution is 2.31. The molecule has 0 saturated heterocycles. The van der Waals surface area contributed by atoms with E-state index in [1.54, 1.807) is 13.2 Å². The van der Waals surface area contributed by atoms with Gasteiger partial charge in [-0.2, -0.15) is 0 Å². The van der Waals surface area contributed by atoms with Crippen molar-refractivity contribution in [2.45, 2.75) is 32.7 Å². The van der Waals surface area contributed by atoms with Gasteiger partial charge in [0.15, 0.2) is 0 Å². The number of anilines is 1. The van der Waals surface area contributed by atoms with E-state index in [2.05, 4.69) is 10.5 Å². The number of hydrogen-bond acceptors (Lipinski definition) is 4. The summed E-state index contributed by atoms with van der Waals surface area (Å²) in [5.41, 5.74) is 7.35. The third-order valence-corrected chi connectivity index (χ3v) is 3.32. The molecule has 106 valence electrons. The fourth-order valence-corrected chi connectivity index (χ4v) is 1.91. The Morgan fingerprint density at radius 2 is 2.26 bits per heavy atom. The van der Waals surface area contributed by atoms with Crippen molar-refractivity contribution in [1.82, 2.24) is 0 Å². The Hall–Kier alpha value is -1.62. The molecule has 0 bridgehead atoms. The number of nitrogens with one attached hydrogen (secondary N) is 1. The van der Waals surface area contributed by atoms with Gasteiger partial charge in [0, 0.05) is 23.6 Å². The predicted molar refractivity (Wildman–Crippen MR) is 78.5 cm³/mol. The summed E-state index contributed by atoms with van der Waals surface area (Å²) in [5, 5.41) is 15.6. The zero-order valence-corrected chi connectivity index (χ0v) is 12.2. The maximum absolute atomic E-state index is 8.62. The number of aryl methyl sites for hydroxylation is 1. The van der Waals surface area contributed by atoms with Crippen molar-refractivity contribution in [1.29, 1.82) is 0 Å². The third-order valence-electron chi connectivity index (χ3n) is 2.92. The zero-order valence-electron chi connectivity index (χ0n) is 11.4. The lowest BCUT2D eigenvalue weighted by Gasteiger charge is -2.20. The van der Waals surface area contributed by atoms with E-state index in [9.17, 15) is 0 Å². The largest absolute Gasteiger partial charge is 0.495 e. The van der Waals surface area contributed by atoms with E-state index >= 15 is 0 Å². The molecule has 6 heteroatoms. The highest BCUT2D eigenvalue weighted by atomic mass is 35.5. The number of rotatable bonds is 6. The molecule has 0 fully saturated rings. The van der Waals surface area contributed by atoms with E-state index < -0.39 is 0 Å². The minimum Gasteiger partial charge on any atom is -0.495 e. The summed E-state index contributed by atoms with van der Waals surface area (Å²) in [5.74, 6) is 0.873. The van der Waals surface area contributed by atoms with Gasteiger partial charge in [-0.25, -0.2) is 0 Å². The fraction of sp³-hybridized carbons (Fsp3) is 0.462. The summed E-state index contributed by atoms with van der Waals surface area (Å²) in [6.45, 7) is 3.95. The molecule has 1 aromatic rings. The van der Waals surface area contributed by atoms with Crippen LogP contribution in [-0.2, 0) is 0 Å². The number of oxime groups is 1. The third kappa shape index (κ3) is 4.21. The second-order valence-corrected chi connectivity index (χ2v) is 4.75. The Bertz CT molecular complexity index is 463. The smallest absolute Gasteiger partial charge is 0.143 e. The average molecular weight is 286 g/mol. The van der Waals surface area contributed by atoms with Crippen molar-refractivity contribution in [3.63, 3.8) is 0 Å². The van der Waals surface area contributed by atoms with Crippen molar-refractivity contribution < 1.29 is 9.94 Å². The monoisotopic (exact) mass is 285 g/mol. The van der Waals surface area contributed by atoms with Gasteiger partial charge in [-0.1, -0.05) is 23.7 Å². The molecule has 0 aromatic heterocycles. The molecule has 0 saturated carbocycles. The van der Waals surface area contributed by atoms with E-state index in [0.717, 1.165) is 17.7 Å². The van der Waals surface area contributed by atoms with Gasteiger partial charge in [-0.15, -0.1) is 0 Å². The van der Waals surface area contributed by atoms with Crippen LogP contribution in [0.3, 0.4) is 0 Å². The van der Waals surface area contributed by atoms with Crippen LogP contribution in [0.2, 0.25) is 5.02 Å². The van der Waals surface area contributed by atoms with Crippen LogP contribution in [-0.4, -0.2) is 24.2 Å². The number of nitrogens with two attached hydrogens (primary N) is 1. The van der Waals surface area contributed by atoms with E-state index in [1.807, 2.05) is 19.9 Å². The molecule has 0 radical (unpaired) electrons. The van der Waals surface area contributed by atoms with Gasteiger partial charge < -0.3 is 21.0 Å². The van der Waals surface area contributed by atoms with Crippen LogP contribution in [0.15, 0.2) is 17.3 Å². The van der Waals surface area contributed by atoms with Crippen molar-refractivity contribution >= 4 is 23.1 Å². The molecule has 0 aliphatic rings. The lowest BCUT2D eigenvalue weighted by molar-refractivity contribution is 0.316. The molecule has 1 atom stereocenters. The number of methoxy groups -OCH3 is 1. The van der Waals surface area contributed by atoms with Gasteiger partial charge >= 0.3 is 0 Å². The first kappa shape index (κ1) is 15.4. The number of hydrogen-bond donors (Lipinski definition) is 3. The average Bonchev–Trinajstić information content (AvgIpc) is 2.41. The molecule has 0 amide bonds. The molecule has 0 aliphatic carbocycles. The first-order valence-electron chi connectivity index (χ1n) is 6.08. The van der Waals surface area contributed by atoms with E-state index in [4.69, 9.17) is 27.3 Å². The van der Waals surface area contributed by atoms with E-state index in [0.29, 0.717) is 17.2 Å². The maximum Gasteiger partial charge on any atom is 0.143 e. The fourth-order valence-electron chi connectivity index (χ4n) is 1.76. The van der Waals surface area contributed by atoms with Crippen LogP contribution in [0.5, 0.6) is 5.75 Å². The van der Waals surface area contributed by atoms with Gasteiger partial charge in [0.05, 0.1) is 12.8 Å². The Labute approximate surface area is 118 Å². The molecule has 0 heterocycles. The second kappa shape index (κ2) is 7.09. The lowest BCUT2D eigenvalue weighted by Crippen LogP contribution is -2.26. The summed E-state index contributed by atoms with van der Waals surface area (Å²) < 4.78 is 5.30. The van der Waals surface area contributed by atoms with Crippen LogP contribution in [0, 0.1) is 6.92 Å². The first-order valence-corrected chi connectivity index (χ1v) is 6.46. The minimum atomic E-state index is 0.0605. The number of amidine groups is 1. The summed E-state index contributed by atoms with van der Waals surface area (Å²) in [6.07, 6.45) is 1.29. The van der Waals surface area contributed by atoms with Crippen LogP contribution < -0.4 is 15.8 Å². The number of nitrogens with zero attached hydrogens (tertiary/aromatic N) is 1. The van der Waals surface area contributed by atoms with Crippen LogP contribution in [0.1, 0.15) is 25.3 Å². The number of halogens is 1. The normalized spacial score (nSPS) is 13.2. The molecule has 0 aliphatic heterocycles. The molecule has 0 spiro atoms. The van der Waals surface area contributed by atoms with E-state index in [-0.39, 0.29) is 11.9 Å². The highest BCUT2D eigenvalue weighted by molar-refractivity contribution is 6.31. The van der Waals surface area contributed by atoms with Gasteiger partial charge in [0.2, 0.25) is 0 Å². The van der Waals surface area contributed by atoms with Crippen LogP contribution in [0.4, 0.5) is 5.69 Å². The molecule has 1 rings (SSSR count). The second-order valence-electron chi connectivity index (χ2n) is 4.35. The molecule has 4 N–H and O–H groups in total. The number of ether oxygens (including phenoxy) is 1. The molecule has 5 nitrogen and oxygen atoms in total. The minimum absolute atomic E-state index is 0.0605. The Morgan fingerprint density at radius 1 is 1.58 bits per heavy atom. The molecular formula is C13H20ClN3O2. The lowest BCUT2D eigenvalue weighted by atomic mass is 10.1. The van der Waals surface area contributed by atoms with Crippen molar-refractivity contribution in [2.24, 2.45) is 10.9 Å². The zero-order chi connectivity index (χ0) is 14.4. The summed E-state index contributed by atoms with van der Waals surface area (Å²) in [6, 6.07) is 3.76. The van der Waals surface area contributed by atoms with E-state index in [1.165, 1.54) is 0 Å². The molecular weight excluding hydrogens is 266 g/mol. The van der Waals surface area contributed by atoms with Crippen LogP contribution in [0.25, 0.3) is 0 Å². The van der Waals surface area contributed by atoms with Gasteiger partial charge in [-0.05, 0) is 25.0 Å². The topological polar surface area (TPSA) is 79.9 Å². The molecule has 19 heavy (non-hydrogen) atoms. The van der Waals surface area contributed by atoms with Gasteiger partial charge in [0.25, 0.3) is 0 Å². The summed E-state index contributed by atoms with van der Waals surface area (Å²) in [7, 11) is 1.59. The Balaban J connectivity index is 2.93. The van der Waals surface area contributed by atoms with Crippen LogP contribution >= 0.6 is 11.6 Å². The maximum atomic E-state index is 8.62. The first-order chi connectivity index (χ1) is 9.01. The van der Waals surface area contributed by atoms with Gasteiger partial charge in [-0.3, -0.25) is 0 Å². The van der Waals surface area contributed by atoms with Gasteiger partial charge in [0.1, 0.15) is 11.6 Å². The van der Waals surface area contributed by atoms with Crippen molar-refractivity contribution in [2.75, 3.05) is 12.4 Å². The predicted octanol–water partition coefficient (Wildman–Crippen LogP) is 2.98. The molecule has 1 aromatic carbocycles. The highest BCUT2D eigenvalue weighted by Gasteiger charge is 2.13. The summed E-state index contributed by atoms with van der Waals surface area (Å²) >= 11 is 6.06. The Morgan fingerprint density at radius 3 is 2.79 bits per heavy atom. The van der Waals surface area contributed by atoms with Crippen molar-refractivity contribution in [3.8, 4) is 5.75 Å². The SMILES string of the molecule is CCC(CC(N)=NO)Nc1cc(C)c(Cl)cc1OC. The Kier molecular flexibility index (Phi) is 5.76. The van der Waals surface area contributed by atoms with Crippen molar-refractivity contribution in [3.05, 3.63) is 22.7 Å². The number of benzene rings is 1. The molecule has 1 unspecified atom stereocenters. The standard InChI is InChI=1S/C13H20ClN3O2/c1-4-9(6-13(15)17-18)16-11-5-8(2)10(14)7-12(11)19-3/h5,7,9,16,18H,4,6H2,1-3H3,(H2,15,17). The quantitative estimate of drug-likeness (QED) is 0.325. The summed E-state index contributed by atoms with van der Waals surface area (Å²) in [4.78, 5) is 0.